The van der Waals surface area contributed by atoms with E-state index in [0.29, 0.717) is 6.42 Å². The van der Waals surface area contributed by atoms with Gasteiger partial charge in [0.25, 0.3) is 0 Å². The number of hydrogen-bond donors (Lipinski definition) is 0. The number of alkyl halides is 1. The first-order valence-corrected chi connectivity index (χ1v) is 7.69. The molecule has 0 heterocycles. The second-order valence-electron chi connectivity index (χ2n) is 7.04. The molecule has 1 fully saturated rings. The lowest BCUT2D eigenvalue weighted by Gasteiger charge is -2.15. The van der Waals surface area contributed by atoms with Gasteiger partial charge < -0.3 is 0 Å². The Labute approximate surface area is 117 Å². The molecule has 0 spiro atoms. The van der Waals surface area contributed by atoms with E-state index in [4.69, 9.17) is 0 Å². The van der Waals surface area contributed by atoms with Gasteiger partial charge in [-0.05, 0) is 56.1 Å². The van der Waals surface area contributed by atoms with Gasteiger partial charge in [-0.1, -0.05) is 44.0 Å². The Balaban J connectivity index is 1.88. The van der Waals surface area contributed by atoms with Crippen molar-refractivity contribution >= 4 is 0 Å². The van der Waals surface area contributed by atoms with Gasteiger partial charge in [-0.2, -0.15) is 0 Å². The Kier molecular flexibility index (Phi) is 4.65. The van der Waals surface area contributed by atoms with E-state index in [1.165, 1.54) is 31.2 Å². The quantitative estimate of drug-likeness (QED) is 0.671. The van der Waals surface area contributed by atoms with Crippen molar-refractivity contribution in [3.63, 3.8) is 0 Å². The van der Waals surface area contributed by atoms with Crippen molar-refractivity contribution in [1.82, 2.24) is 0 Å². The first-order valence-electron chi connectivity index (χ1n) is 7.69. The maximum atomic E-state index is 13.7. The molecule has 0 aromatic heterocycles. The molecule has 1 saturated carbocycles. The third-order valence-corrected chi connectivity index (χ3v) is 4.26. The van der Waals surface area contributed by atoms with Gasteiger partial charge in [-0.25, -0.2) is 4.39 Å². The number of halogens is 1. The Morgan fingerprint density at radius 3 is 2.58 bits per heavy atom. The van der Waals surface area contributed by atoms with E-state index in [1.54, 1.807) is 13.8 Å². The standard InChI is InChI=1S/C18H27F/c1-14-7-8-16(11-14)10-9-15-5-4-6-17(12-15)13-18(2,3)19/h4-6,12,14,16H,7-11,13H2,1-3H3. The Morgan fingerprint density at radius 2 is 1.95 bits per heavy atom. The smallest absolute Gasteiger partial charge is 0.109 e. The number of rotatable bonds is 5. The van der Waals surface area contributed by atoms with Crippen LogP contribution in [0.25, 0.3) is 0 Å². The minimum atomic E-state index is -1.11. The van der Waals surface area contributed by atoms with Gasteiger partial charge in [0.05, 0.1) is 0 Å². The monoisotopic (exact) mass is 262 g/mol. The average molecular weight is 262 g/mol. The van der Waals surface area contributed by atoms with Crippen molar-refractivity contribution in [1.29, 1.82) is 0 Å². The molecular formula is C18H27F. The molecule has 2 atom stereocenters. The average Bonchev–Trinajstić information content (AvgIpc) is 2.71. The first kappa shape index (κ1) is 14.6. The van der Waals surface area contributed by atoms with Crippen molar-refractivity contribution < 1.29 is 4.39 Å². The second-order valence-corrected chi connectivity index (χ2v) is 7.04. The molecule has 2 unspecified atom stereocenters. The van der Waals surface area contributed by atoms with Crippen molar-refractivity contribution in [2.75, 3.05) is 0 Å². The summed E-state index contributed by atoms with van der Waals surface area (Å²) < 4.78 is 13.7. The molecule has 106 valence electrons. The summed E-state index contributed by atoms with van der Waals surface area (Å²) in [7, 11) is 0. The molecule has 2 rings (SSSR count). The molecule has 0 radical (unpaired) electrons. The molecule has 1 aliphatic carbocycles. The van der Waals surface area contributed by atoms with Crippen LogP contribution in [0.15, 0.2) is 24.3 Å². The molecule has 1 heteroatoms. The maximum Gasteiger partial charge on any atom is 0.109 e. The molecule has 0 bridgehead atoms. The first-order chi connectivity index (χ1) is 8.92. The van der Waals surface area contributed by atoms with Crippen LogP contribution in [-0.2, 0) is 12.8 Å². The fraction of sp³-hybridized carbons (Fsp3) is 0.667. The van der Waals surface area contributed by atoms with Crippen LogP contribution in [0.2, 0.25) is 0 Å². The molecule has 0 amide bonds. The predicted molar refractivity (Wildman–Crippen MR) is 80.2 cm³/mol. The van der Waals surface area contributed by atoms with Gasteiger partial charge in [0.1, 0.15) is 5.67 Å². The summed E-state index contributed by atoms with van der Waals surface area (Å²) in [4.78, 5) is 0. The summed E-state index contributed by atoms with van der Waals surface area (Å²) >= 11 is 0. The Morgan fingerprint density at radius 1 is 1.21 bits per heavy atom. The van der Waals surface area contributed by atoms with E-state index in [1.807, 2.05) is 6.07 Å². The zero-order valence-corrected chi connectivity index (χ0v) is 12.6. The van der Waals surface area contributed by atoms with Crippen LogP contribution >= 0.6 is 0 Å². The van der Waals surface area contributed by atoms with Crippen LogP contribution in [0.5, 0.6) is 0 Å². The van der Waals surface area contributed by atoms with Crippen molar-refractivity contribution in [3.8, 4) is 0 Å². The summed E-state index contributed by atoms with van der Waals surface area (Å²) in [5.41, 5.74) is 1.39. The summed E-state index contributed by atoms with van der Waals surface area (Å²) in [5.74, 6) is 1.83. The second kappa shape index (κ2) is 6.07. The van der Waals surface area contributed by atoms with E-state index in [-0.39, 0.29) is 0 Å². The fourth-order valence-corrected chi connectivity index (χ4v) is 3.34. The third kappa shape index (κ3) is 4.97. The van der Waals surface area contributed by atoms with Gasteiger partial charge in [0.2, 0.25) is 0 Å². The topological polar surface area (TPSA) is 0 Å². The predicted octanol–water partition coefficient (Wildman–Crippen LogP) is 5.35. The normalized spacial score (nSPS) is 23.8. The van der Waals surface area contributed by atoms with Gasteiger partial charge in [0.15, 0.2) is 0 Å². The third-order valence-electron chi connectivity index (χ3n) is 4.26. The number of aryl methyl sites for hydroxylation is 1. The van der Waals surface area contributed by atoms with E-state index in [0.717, 1.165) is 23.8 Å². The highest BCUT2D eigenvalue weighted by molar-refractivity contribution is 5.24. The molecule has 0 aliphatic heterocycles. The van der Waals surface area contributed by atoms with Gasteiger partial charge in [-0.15, -0.1) is 0 Å². The highest BCUT2D eigenvalue weighted by Gasteiger charge is 2.21. The minimum absolute atomic E-state index is 0.515. The Hall–Kier alpha value is -0.850. The molecule has 19 heavy (non-hydrogen) atoms. The van der Waals surface area contributed by atoms with Crippen LogP contribution in [0.4, 0.5) is 4.39 Å². The van der Waals surface area contributed by atoms with Crippen LogP contribution in [0, 0.1) is 11.8 Å². The fourth-order valence-electron chi connectivity index (χ4n) is 3.34. The highest BCUT2D eigenvalue weighted by atomic mass is 19.1. The van der Waals surface area contributed by atoms with Crippen LogP contribution in [0.1, 0.15) is 57.6 Å². The minimum Gasteiger partial charge on any atom is -0.244 e. The molecule has 1 aromatic carbocycles. The SMILES string of the molecule is CC1CCC(CCc2cccc(CC(C)(C)F)c2)C1. The van der Waals surface area contributed by atoms with Crippen LogP contribution < -0.4 is 0 Å². The van der Waals surface area contributed by atoms with E-state index >= 15 is 0 Å². The van der Waals surface area contributed by atoms with Crippen molar-refractivity contribution in [2.45, 2.75) is 65.0 Å². The van der Waals surface area contributed by atoms with E-state index < -0.39 is 5.67 Å². The van der Waals surface area contributed by atoms with Crippen molar-refractivity contribution in [3.05, 3.63) is 35.4 Å². The van der Waals surface area contributed by atoms with Gasteiger partial charge in [0, 0.05) is 6.42 Å². The molecule has 1 aliphatic rings. The highest BCUT2D eigenvalue weighted by Crippen LogP contribution is 2.33. The van der Waals surface area contributed by atoms with Crippen LogP contribution in [0.3, 0.4) is 0 Å². The maximum absolute atomic E-state index is 13.7. The summed E-state index contributed by atoms with van der Waals surface area (Å²) in [6, 6.07) is 8.50. The zero-order valence-electron chi connectivity index (χ0n) is 12.6. The lowest BCUT2D eigenvalue weighted by molar-refractivity contribution is 0.217. The van der Waals surface area contributed by atoms with Crippen molar-refractivity contribution in [2.24, 2.45) is 11.8 Å². The van der Waals surface area contributed by atoms with Crippen LogP contribution in [-0.4, -0.2) is 5.67 Å². The lowest BCUT2D eigenvalue weighted by Crippen LogP contribution is -2.15. The zero-order chi connectivity index (χ0) is 13.9. The summed E-state index contributed by atoms with van der Waals surface area (Å²) in [5, 5.41) is 0. The van der Waals surface area contributed by atoms with Gasteiger partial charge in [-0.3, -0.25) is 0 Å². The molecule has 0 nitrogen and oxygen atoms in total. The molecule has 1 aromatic rings. The van der Waals surface area contributed by atoms with E-state index in [9.17, 15) is 4.39 Å². The number of hydrogen-bond acceptors (Lipinski definition) is 0. The number of benzene rings is 1. The summed E-state index contributed by atoms with van der Waals surface area (Å²) in [6.45, 7) is 5.67. The Bertz CT molecular complexity index is 402. The largest absolute Gasteiger partial charge is 0.244 e. The van der Waals surface area contributed by atoms with Gasteiger partial charge >= 0.3 is 0 Å². The molecular weight excluding hydrogens is 235 g/mol. The van der Waals surface area contributed by atoms with E-state index in [2.05, 4.69) is 25.1 Å². The lowest BCUT2D eigenvalue weighted by atomic mass is 9.94. The molecule has 0 N–H and O–H groups in total. The molecule has 0 saturated heterocycles. The summed E-state index contributed by atoms with van der Waals surface area (Å²) in [6.07, 6.45) is 7.17.